The fourth-order valence-electron chi connectivity index (χ4n) is 2.12. The summed E-state index contributed by atoms with van der Waals surface area (Å²) in [5.74, 6) is 0. The van der Waals surface area contributed by atoms with E-state index in [4.69, 9.17) is 0 Å². The SMILES string of the molecule is CC1(C)CCCNc2ccc(Br)cc21.Cl. The standard InChI is InChI=1S/C12H16BrN.ClH/c1-12(2)6-3-7-14-11-5-4-9(13)8-10(11)12;/h4-5,8,14H,3,6-7H2,1-2H3;1H. The first-order valence-corrected chi connectivity index (χ1v) is 5.93. The zero-order chi connectivity index (χ0) is 10.2. The molecule has 0 saturated heterocycles. The lowest BCUT2D eigenvalue weighted by Gasteiger charge is -2.25. The fraction of sp³-hybridized carbons (Fsp3) is 0.500. The van der Waals surface area contributed by atoms with Gasteiger partial charge in [-0.3, -0.25) is 0 Å². The summed E-state index contributed by atoms with van der Waals surface area (Å²) in [5.41, 5.74) is 3.03. The number of fused-ring (bicyclic) bond motifs is 1. The van der Waals surface area contributed by atoms with Gasteiger partial charge in [-0.15, -0.1) is 12.4 Å². The molecule has 0 aromatic heterocycles. The molecular weight excluding hydrogens is 273 g/mol. The Morgan fingerprint density at radius 1 is 1.33 bits per heavy atom. The third-order valence-corrected chi connectivity index (χ3v) is 3.50. The maximum Gasteiger partial charge on any atom is 0.0379 e. The quantitative estimate of drug-likeness (QED) is 0.749. The van der Waals surface area contributed by atoms with Crippen molar-refractivity contribution in [3.05, 3.63) is 28.2 Å². The number of nitrogens with one attached hydrogen (secondary N) is 1. The van der Waals surface area contributed by atoms with Crippen molar-refractivity contribution in [1.29, 1.82) is 0 Å². The summed E-state index contributed by atoms with van der Waals surface area (Å²) in [6.45, 7) is 5.74. The second-order valence-corrected chi connectivity index (χ2v) is 5.52. The second-order valence-electron chi connectivity index (χ2n) is 4.60. The van der Waals surface area contributed by atoms with Gasteiger partial charge in [-0.25, -0.2) is 0 Å². The van der Waals surface area contributed by atoms with E-state index in [2.05, 4.69) is 53.3 Å². The number of rotatable bonds is 0. The average Bonchev–Trinajstić information content (AvgIpc) is 2.26. The summed E-state index contributed by atoms with van der Waals surface area (Å²) in [4.78, 5) is 0. The van der Waals surface area contributed by atoms with Crippen LogP contribution >= 0.6 is 28.3 Å². The molecule has 1 heterocycles. The van der Waals surface area contributed by atoms with Crippen LogP contribution in [-0.2, 0) is 5.41 Å². The normalized spacial score (nSPS) is 18.1. The van der Waals surface area contributed by atoms with Crippen molar-refractivity contribution in [1.82, 2.24) is 0 Å². The van der Waals surface area contributed by atoms with E-state index in [9.17, 15) is 0 Å². The minimum absolute atomic E-state index is 0. The monoisotopic (exact) mass is 289 g/mol. The van der Waals surface area contributed by atoms with Gasteiger partial charge in [0.25, 0.3) is 0 Å². The van der Waals surface area contributed by atoms with E-state index < -0.39 is 0 Å². The Balaban J connectivity index is 0.00000112. The Kier molecular flexibility index (Phi) is 4.07. The molecule has 0 unspecified atom stereocenters. The molecule has 3 heteroatoms. The van der Waals surface area contributed by atoms with Gasteiger partial charge in [0.15, 0.2) is 0 Å². The van der Waals surface area contributed by atoms with Crippen molar-refractivity contribution in [3.63, 3.8) is 0 Å². The second kappa shape index (κ2) is 4.75. The van der Waals surface area contributed by atoms with Crippen LogP contribution in [0.4, 0.5) is 5.69 Å². The van der Waals surface area contributed by atoms with Crippen LogP contribution < -0.4 is 5.32 Å². The van der Waals surface area contributed by atoms with Crippen LogP contribution in [0.3, 0.4) is 0 Å². The molecule has 0 spiro atoms. The molecule has 15 heavy (non-hydrogen) atoms. The summed E-state index contributed by atoms with van der Waals surface area (Å²) in [7, 11) is 0. The Hall–Kier alpha value is -0.210. The van der Waals surface area contributed by atoms with Gasteiger partial charge in [-0.1, -0.05) is 29.8 Å². The van der Waals surface area contributed by atoms with Gasteiger partial charge in [0.2, 0.25) is 0 Å². The van der Waals surface area contributed by atoms with Crippen LogP contribution in [-0.4, -0.2) is 6.54 Å². The lowest BCUT2D eigenvalue weighted by atomic mass is 9.80. The molecule has 0 fully saturated rings. The Labute approximate surface area is 106 Å². The van der Waals surface area contributed by atoms with Crippen molar-refractivity contribution < 1.29 is 0 Å². The Morgan fingerprint density at radius 3 is 2.80 bits per heavy atom. The predicted molar refractivity (Wildman–Crippen MR) is 72.1 cm³/mol. The molecule has 0 saturated carbocycles. The van der Waals surface area contributed by atoms with Crippen LogP contribution in [0, 0.1) is 0 Å². The van der Waals surface area contributed by atoms with E-state index in [1.54, 1.807) is 0 Å². The highest BCUT2D eigenvalue weighted by molar-refractivity contribution is 9.10. The molecule has 0 aliphatic carbocycles. The van der Waals surface area contributed by atoms with Gasteiger partial charge in [-0.05, 0) is 42.0 Å². The Bertz CT molecular complexity index is 349. The van der Waals surface area contributed by atoms with Gasteiger partial charge in [0, 0.05) is 16.7 Å². The van der Waals surface area contributed by atoms with Gasteiger partial charge in [0.1, 0.15) is 0 Å². The number of hydrogen-bond acceptors (Lipinski definition) is 1. The molecule has 1 aromatic carbocycles. The summed E-state index contributed by atoms with van der Waals surface area (Å²) >= 11 is 3.54. The lowest BCUT2D eigenvalue weighted by molar-refractivity contribution is 0.478. The molecule has 0 amide bonds. The fourth-order valence-corrected chi connectivity index (χ4v) is 2.48. The summed E-state index contributed by atoms with van der Waals surface area (Å²) in [6.07, 6.45) is 2.50. The van der Waals surface area contributed by atoms with Crippen molar-refractivity contribution >= 4 is 34.0 Å². The molecule has 0 radical (unpaired) electrons. The van der Waals surface area contributed by atoms with Gasteiger partial charge < -0.3 is 5.32 Å². The highest BCUT2D eigenvalue weighted by atomic mass is 79.9. The summed E-state index contributed by atoms with van der Waals surface area (Å²) in [6, 6.07) is 6.52. The molecule has 1 nitrogen and oxygen atoms in total. The third-order valence-electron chi connectivity index (χ3n) is 3.00. The molecule has 1 aliphatic heterocycles. The van der Waals surface area contributed by atoms with Gasteiger partial charge >= 0.3 is 0 Å². The molecule has 0 atom stereocenters. The van der Waals surface area contributed by atoms with Crippen LogP contribution in [0.25, 0.3) is 0 Å². The molecule has 2 rings (SSSR count). The van der Waals surface area contributed by atoms with Gasteiger partial charge in [-0.2, -0.15) is 0 Å². The number of hydrogen-bond donors (Lipinski definition) is 1. The maximum atomic E-state index is 3.54. The van der Waals surface area contributed by atoms with E-state index in [1.807, 2.05) is 0 Å². The minimum atomic E-state index is 0. The van der Waals surface area contributed by atoms with E-state index in [-0.39, 0.29) is 12.4 Å². The zero-order valence-corrected chi connectivity index (χ0v) is 11.5. The van der Waals surface area contributed by atoms with Crippen LogP contribution in [0.2, 0.25) is 0 Å². The number of halogens is 2. The van der Waals surface area contributed by atoms with Gasteiger partial charge in [0.05, 0.1) is 0 Å². The van der Waals surface area contributed by atoms with Crippen LogP contribution in [0.1, 0.15) is 32.3 Å². The van der Waals surface area contributed by atoms with Crippen LogP contribution in [0.5, 0.6) is 0 Å². The van der Waals surface area contributed by atoms with E-state index >= 15 is 0 Å². The first-order valence-electron chi connectivity index (χ1n) is 5.13. The van der Waals surface area contributed by atoms with E-state index in [0.29, 0.717) is 5.41 Å². The maximum absolute atomic E-state index is 3.54. The smallest absolute Gasteiger partial charge is 0.0379 e. The van der Waals surface area contributed by atoms with Crippen molar-refractivity contribution in [2.45, 2.75) is 32.1 Å². The number of benzene rings is 1. The largest absolute Gasteiger partial charge is 0.385 e. The lowest BCUT2D eigenvalue weighted by Crippen LogP contribution is -2.16. The van der Waals surface area contributed by atoms with Crippen molar-refractivity contribution in [2.75, 3.05) is 11.9 Å². The molecule has 84 valence electrons. The van der Waals surface area contributed by atoms with Crippen molar-refractivity contribution in [2.24, 2.45) is 0 Å². The molecule has 1 aliphatic rings. The number of anilines is 1. The molecule has 1 aromatic rings. The predicted octanol–water partition coefficient (Wildman–Crippen LogP) is 4.35. The average molecular weight is 291 g/mol. The van der Waals surface area contributed by atoms with Crippen LogP contribution in [0.15, 0.2) is 22.7 Å². The van der Waals surface area contributed by atoms with E-state index in [0.717, 1.165) is 6.54 Å². The molecule has 1 N–H and O–H groups in total. The topological polar surface area (TPSA) is 12.0 Å². The third kappa shape index (κ3) is 2.67. The highest BCUT2D eigenvalue weighted by Gasteiger charge is 2.25. The van der Waals surface area contributed by atoms with E-state index in [1.165, 1.54) is 28.6 Å². The summed E-state index contributed by atoms with van der Waals surface area (Å²) in [5, 5.41) is 3.49. The highest BCUT2D eigenvalue weighted by Crippen LogP contribution is 2.37. The Morgan fingerprint density at radius 2 is 2.07 bits per heavy atom. The first kappa shape index (κ1) is 12.9. The van der Waals surface area contributed by atoms with Crippen molar-refractivity contribution in [3.8, 4) is 0 Å². The summed E-state index contributed by atoms with van der Waals surface area (Å²) < 4.78 is 1.17. The molecule has 0 bridgehead atoms. The molecular formula is C12H17BrClN. The first-order chi connectivity index (χ1) is 6.59. The minimum Gasteiger partial charge on any atom is -0.385 e. The zero-order valence-electron chi connectivity index (χ0n) is 9.14.